The molecule has 0 N–H and O–H groups in total. The van der Waals surface area contributed by atoms with Gasteiger partial charge in [-0.05, 0) is 25.1 Å². The molecular formula is C20H13F4N5O3. The first-order chi connectivity index (χ1) is 15.3. The lowest BCUT2D eigenvalue weighted by Crippen LogP contribution is -2.15. The Morgan fingerprint density at radius 3 is 2.56 bits per heavy atom. The van der Waals surface area contributed by atoms with Crippen molar-refractivity contribution in [2.75, 3.05) is 6.61 Å². The average molecular weight is 447 g/mol. The molecule has 0 atom stereocenters. The monoisotopic (exact) mass is 447 g/mol. The van der Waals surface area contributed by atoms with Crippen molar-refractivity contribution in [3.63, 3.8) is 0 Å². The maximum atomic E-state index is 14.3. The van der Waals surface area contributed by atoms with Gasteiger partial charge in [0.2, 0.25) is 0 Å². The number of rotatable bonds is 5. The Morgan fingerprint density at radius 1 is 1.12 bits per heavy atom. The van der Waals surface area contributed by atoms with E-state index >= 15 is 0 Å². The summed E-state index contributed by atoms with van der Waals surface area (Å²) in [4.78, 5) is 20.1. The van der Waals surface area contributed by atoms with Crippen LogP contribution in [-0.2, 0) is 10.9 Å². The van der Waals surface area contributed by atoms with Crippen LogP contribution in [0.5, 0.6) is 0 Å². The van der Waals surface area contributed by atoms with Gasteiger partial charge in [0.15, 0.2) is 17.3 Å². The fraction of sp³-hybridized carbons (Fsp3) is 0.150. The maximum Gasteiger partial charge on any atom is 0.434 e. The number of hydrogen-bond donors (Lipinski definition) is 0. The molecule has 12 heteroatoms. The highest BCUT2D eigenvalue weighted by Crippen LogP contribution is 2.41. The summed E-state index contributed by atoms with van der Waals surface area (Å²) in [6.45, 7) is 1.43. The molecule has 0 aliphatic heterocycles. The Bertz CT molecular complexity index is 1270. The summed E-state index contributed by atoms with van der Waals surface area (Å²) in [5.41, 5.74) is -2.74. The summed E-state index contributed by atoms with van der Waals surface area (Å²) in [6.07, 6.45) is 0.681. The van der Waals surface area contributed by atoms with E-state index in [2.05, 4.69) is 20.2 Å². The Hall–Kier alpha value is -4.09. The molecule has 164 valence electrons. The first kappa shape index (κ1) is 21.2. The molecule has 0 radical (unpaired) electrons. The van der Waals surface area contributed by atoms with Crippen molar-refractivity contribution in [1.29, 1.82) is 0 Å². The Balaban J connectivity index is 1.98. The van der Waals surface area contributed by atoms with Gasteiger partial charge >= 0.3 is 12.1 Å². The topological polar surface area (TPSA) is 95.9 Å². The lowest BCUT2D eigenvalue weighted by molar-refractivity contribution is -0.142. The van der Waals surface area contributed by atoms with Gasteiger partial charge in [0.1, 0.15) is 11.3 Å². The lowest BCUT2D eigenvalue weighted by atomic mass is 10.0. The zero-order valence-corrected chi connectivity index (χ0v) is 16.3. The fourth-order valence-electron chi connectivity index (χ4n) is 3.08. The third-order valence-corrected chi connectivity index (χ3v) is 4.37. The molecule has 0 spiro atoms. The zero-order valence-electron chi connectivity index (χ0n) is 16.3. The van der Waals surface area contributed by atoms with E-state index in [0.717, 1.165) is 12.4 Å². The minimum Gasteiger partial charge on any atom is -0.462 e. The molecule has 0 saturated heterocycles. The molecule has 4 aromatic rings. The fourth-order valence-corrected chi connectivity index (χ4v) is 3.08. The van der Waals surface area contributed by atoms with E-state index in [4.69, 9.17) is 9.26 Å². The zero-order chi connectivity index (χ0) is 22.9. The third-order valence-electron chi connectivity index (χ3n) is 4.37. The van der Waals surface area contributed by atoms with Crippen molar-refractivity contribution < 1.29 is 31.6 Å². The second-order valence-electron chi connectivity index (χ2n) is 6.34. The van der Waals surface area contributed by atoms with Crippen LogP contribution in [0.3, 0.4) is 0 Å². The number of pyridine rings is 2. The number of nitrogens with zero attached hydrogens (tertiary/aromatic N) is 5. The third kappa shape index (κ3) is 3.70. The van der Waals surface area contributed by atoms with Crippen molar-refractivity contribution in [2.24, 2.45) is 0 Å². The highest BCUT2D eigenvalue weighted by Gasteiger charge is 2.42. The van der Waals surface area contributed by atoms with E-state index in [-0.39, 0.29) is 23.6 Å². The molecule has 8 nitrogen and oxygen atoms in total. The van der Waals surface area contributed by atoms with E-state index in [0.29, 0.717) is 4.68 Å². The quantitative estimate of drug-likeness (QED) is 0.332. The Morgan fingerprint density at radius 2 is 1.91 bits per heavy atom. The number of carbonyl (C=O) groups is 1. The highest BCUT2D eigenvalue weighted by molar-refractivity contribution is 6.02. The largest absolute Gasteiger partial charge is 0.462 e. The van der Waals surface area contributed by atoms with Gasteiger partial charge in [0.05, 0.1) is 36.4 Å². The first-order valence-corrected chi connectivity index (χ1v) is 9.15. The summed E-state index contributed by atoms with van der Waals surface area (Å²) in [5.74, 6) is -2.44. The Labute approximate surface area is 177 Å². The number of carbonyl (C=O) groups excluding carboxylic acids is 1. The van der Waals surface area contributed by atoms with Crippen LogP contribution in [0.15, 0.2) is 53.7 Å². The van der Waals surface area contributed by atoms with Crippen LogP contribution in [-0.4, -0.2) is 37.5 Å². The molecule has 4 aromatic heterocycles. The molecule has 0 amide bonds. The summed E-state index contributed by atoms with van der Waals surface area (Å²) < 4.78 is 67.2. The molecule has 0 aliphatic carbocycles. The number of hydrogen-bond acceptors (Lipinski definition) is 7. The van der Waals surface area contributed by atoms with Gasteiger partial charge in [0, 0.05) is 18.0 Å². The maximum absolute atomic E-state index is 14.3. The number of alkyl halides is 3. The van der Waals surface area contributed by atoms with Crippen LogP contribution in [0, 0.1) is 5.82 Å². The molecule has 0 aromatic carbocycles. The first-order valence-electron chi connectivity index (χ1n) is 9.15. The lowest BCUT2D eigenvalue weighted by Gasteiger charge is -2.12. The molecule has 4 rings (SSSR count). The minimum atomic E-state index is -4.90. The minimum absolute atomic E-state index is 0.0312. The highest BCUT2D eigenvalue weighted by atomic mass is 19.4. The molecule has 0 unspecified atom stereocenters. The summed E-state index contributed by atoms with van der Waals surface area (Å²) in [5, 5.41) is 7.48. The van der Waals surface area contributed by atoms with Gasteiger partial charge in [-0.1, -0.05) is 5.16 Å². The SMILES string of the molecule is CCOC(=O)c1c(-c2ccncc2F)noc1-c1cnn(-c2cccnc2)c1C(F)(F)F. The molecule has 0 aliphatic rings. The number of aromatic nitrogens is 5. The molecular weight excluding hydrogens is 434 g/mol. The van der Waals surface area contributed by atoms with Crippen LogP contribution in [0.25, 0.3) is 28.3 Å². The number of esters is 1. The number of halogens is 4. The summed E-state index contributed by atoms with van der Waals surface area (Å²) >= 11 is 0. The van der Waals surface area contributed by atoms with Crippen molar-refractivity contribution >= 4 is 5.97 Å². The van der Waals surface area contributed by atoms with E-state index in [9.17, 15) is 22.4 Å². The molecule has 0 bridgehead atoms. The smallest absolute Gasteiger partial charge is 0.434 e. The van der Waals surface area contributed by atoms with Crippen LogP contribution in [0.1, 0.15) is 23.0 Å². The Kier molecular flexibility index (Phi) is 5.43. The second-order valence-corrected chi connectivity index (χ2v) is 6.34. The van der Waals surface area contributed by atoms with E-state index in [1.807, 2.05) is 0 Å². The van der Waals surface area contributed by atoms with E-state index in [1.54, 1.807) is 0 Å². The van der Waals surface area contributed by atoms with E-state index in [1.165, 1.54) is 43.7 Å². The molecule has 0 fully saturated rings. The molecule has 0 saturated carbocycles. The van der Waals surface area contributed by atoms with Crippen LogP contribution in [0.4, 0.5) is 17.6 Å². The van der Waals surface area contributed by atoms with Crippen molar-refractivity contribution in [3.05, 3.63) is 66.3 Å². The van der Waals surface area contributed by atoms with Crippen LogP contribution < -0.4 is 0 Å². The van der Waals surface area contributed by atoms with Crippen molar-refractivity contribution in [1.82, 2.24) is 24.9 Å². The molecule has 4 heterocycles. The predicted octanol–water partition coefficient (Wildman–Crippen LogP) is 4.32. The second kappa shape index (κ2) is 8.21. The van der Waals surface area contributed by atoms with Crippen LogP contribution >= 0.6 is 0 Å². The van der Waals surface area contributed by atoms with Gasteiger partial charge in [-0.3, -0.25) is 9.97 Å². The summed E-state index contributed by atoms with van der Waals surface area (Å²) in [7, 11) is 0. The number of ether oxygens (including phenoxy) is 1. The van der Waals surface area contributed by atoms with Gasteiger partial charge in [-0.25, -0.2) is 13.9 Å². The van der Waals surface area contributed by atoms with E-state index < -0.39 is 40.5 Å². The summed E-state index contributed by atoms with van der Waals surface area (Å²) in [6, 6.07) is 4.03. The van der Waals surface area contributed by atoms with Crippen molar-refractivity contribution in [3.8, 4) is 28.3 Å². The van der Waals surface area contributed by atoms with Crippen LogP contribution in [0.2, 0.25) is 0 Å². The standard InChI is InChI=1S/C20H13F4N5O3/c1-2-31-19(30)15-16(12-5-7-26-10-14(12)21)28-32-17(15)13-9-27-29(18(13)20(22,23)24)11-4-3-6-25-8-11/h3-10H,2H2,1H3. The molecule has 32 heavy (non-hydrogen) atoms. The van der Waals surface area contributed by atoms with Gasteiger partial charge in [-0.2, -0.15) is 18.3 Å². The van der Waals surface area contributed by atoms with Gasteiger partial charge in [-0.15, -0.1) is 0 Å². The van der Waals surface area contributed by atoms with Crippen molar-refractivity contribution in [2.45, 2.75) is 13.1 Å². The average Bonchev–Trinajstić information content (AvgIpc) is 3.39. The predicted molar refractivity (Wildman–Crippen MR) is 101 cm³/mol. The normalized spacial score (nSPS) is 11.5. The van der Waals surface area contributed by atoms with Gasteiger partial charge in [0.25, 0.3) is 0 Å². The van der Waals surface area contributed by atoms with Gasteiger partial charge < -0.3 is 9.26 Å².